The Kier molecular flexibility index (Phi) is 6.36. The molecule has 1 aromatic carbocycles. The molecule has 1 atom stereocenters. The molecule has 0 fully saturated rings. The van der Waals surface area contributed by atoms with Gasteiger partial charge in [0.1, 0.15) is 23.6 Å². The van der Waals surface area contributed by atoms with Crippen LogP contribution in [0.5, 0.6) is 5.75 Å². The molecule has 2 rings (SSSR count). The number of benzene rings is 1. The molecule has 0 aliphatic carbocycles. The van der Waals surface area contributed by atoms with E-state index >= 15 is 0 Å². The molecule has 1 heterocycles. The predicted octanol–water partition coefficient (Wildman–Crippen LogP) is 2.48. The van der Waals surface area contributed by atoms with Crippen molar-refractivity contribution in [1.29, 1.82) is 5.26 Å². The first kappa shape index (κ1) is 17.2. The van der Waals surface area contributed by atoms with Crippen molar-refractivity contribution in [1.82, 2.24) is 9.88 Å². The monoisotopic (exact) mass is 331 g/mol. The molecule has 0 spiro atoms. The Hall–Kier alpha value is -2.13. The van der Waals surface area contributed by atoms with Gasteiger partial charge in [-0.3, -0.25) is 4.90 Å². The maximum Gasteiger partial charge on any atom is 0.129 e. The molecule has 5 nitrogen and oxygen atoms in total. The molecule has 1 aromatic heterocycles. The molecule has 0 saturated heterocycles. The van der Waals surface area contributed by atoms with E-state index in [1.54, 1.807) is 36.5 Å². The van der Waals surface area contributed by atoms with Gasteiger partial charge in [-0.2, -0.15) is 5.26 Å². The second kappa shape index (κ2) is 8.49. The highest BCUT2D eigenvalue weighted by Crippen LogP contribution is 2.12. The van der Waals surface area contributed by atoms with Gasteiger partial charge < -0.3 is 9.84 Å². The van der Waals surface area contributed by atoms with Gasteiger partial charge in [-0.05, 0) is 42.9 Å². The van der Waals surface area contributed by atoms with Crippen molar-refractivity contribution in [3.63, 3.8) is 0 Å². The Morgan fingerprint density at radius 1 is 1.30 bits per heavy atom. The van der Waals surface area contributed by atoms with Crippen LogP contribution in [0.25, 0.3) is 0 Å². The Morgan fingerprint density at radius 2 is 2.04 bits per heavy atom. The standard InChI is InChI=1S/C17H18ClN3O2/c1-21(10-14-4-7-17(18)20-9-14)11-15(22)12-23-16-5-2-13(8-19)3-6-16/h2-7,9,15,22H,10-12H2,1H3. The number of aliphatic hydroxyl groups is 1. The topological polar surface area (TPSA) is 69.4 Å². The van der Waals surface area contributed by atoms with E-state index in [4.69, 9.17) is 21.6 Å². The molecule has 6 heteroatoms. The first-order valence-corrected chi connectivity index (χ1v) is 7.54. The summed E-state index contributed by atoms with van der Waals surface area (Å²) in [5.41, 5.74) is 1.60. The third kappa shape index (κ3) is 5.87. The molecule has 120 valence electrons. The first-order chi connectivity index (χ1) is 11.1. The number of hydrogen-bond donors (Lipinski definition) is 1. The first-order valence-electron chi connectivity index (χ1n) is 7.17. The lowest BCUT2D eigenvalue weighted by Gasteiger charge is -2.20. The average molecular weight is 332 g/mol. The Bertz CT molecular complexity index is 653. The van der Waals surface area contributed by atoms with Crippen molar-refractivity contribution in [3.05, 3.63) is 58.9 Å². The van der Waals surface area contributed by atoms with E-state index in [0.29, 0.717) is 29.6 Å². The number of aliphatic hydroxyl groups excluding tert-OH is 1. The van der Waals surface area contributed by atoms with Crippen molar-refractivity contribution in [3.8, 4) is 11.8 Å². The fraction of sp³-hybridized carbons (Fsp3) is 0.294. The number of nitrogens with zero attached hydrogens (tertiary/aromatic N) is 3. The third-order valence-electron chi connectivity index (χ3n) is 3.19. The summed E-state index contributed by atoms with van der Waals surface area (Å²) in [6.07, 6.45) is 1.11. The molecular weight excluding hydrogens is 314 g/mol. The summed E-state index contributed by atoms with van der Waals surface area (Å²) in [5, 5.41) is 19.2. The zero-order valence-corrected chi connectivity index (χ0v) is 13.6. The van der Waals surface area contributed by atoms with Gasteiger partial charge in [-0.1, -0.05) is 17.7 Å². The summed E-state index contributed by atoms with van der Waals surface area (Å²) in [6.45, 7) is 1.33. The fourth-order valence-electron chi connectivity index (χ4n) is 2.11. The molecule has 23 heavy (non-hydrogen) atoms. The molecular formula is C17H18ClN3O2. The summed E-state index contributed by atoms with van der Waals surface area (Å²) in [4.78, 5) is 6.01. The number of aromatic nitrogens is 1. The van der Waals surface area contributed by atoms with Crippen molar-refractivity contribution >= 4 is 11.6 Å². The SMILES string of the molecule is CN(Cc1ccc(Cl)nc1)CC(O)COc1ccc(C#N)cc1. The normalized spacial score (nSPS) is 12.0. The number of nitriles is 1. The number of hydrogen-bond acceptors (Lipinski definition) is 5. The minimum atomic E-state index is -0.615. The van der Waals surface area contributed by atoms with E-state index in [-0.39, 0.29) is 6.61 Å². The highest BCUT2D eigenvalue weighted by atomic mass is 35.5. The minimum Gasteiger partial charge on any atom is -0.491 e. The van der Waals surface area contributed by atoms with Crippen LogP contribution >= 0.6 is 11.6 Å². The van der Waals surface area contributed by atoms with Crippen LogP contribution in [0.2, 0.25) is 5.15 Å². The van der Waals surface area contributed by atoms with E-state index in [9.17, 15) is 5.11 Å². The summed E-state index contributed by atoms with van der Waals surface area (Å²) in [5.74, 6) is 0.632. The van der Waals surface area contributed by atoms with Crippen molar-refractivity contribution in [2.45, 2.75) is 12.6 Å². The Labute approximate surface area is 140 Å². The van der Waals surface area contributed by atoms with Gasteiger partial charge >= 0.3 is 0 Å². The average Bonchev–Trinajstić information content (AvgIpc) is 2.55. The highest BCUT2D eigenvalue weighted by molar-refractivity contribution is 6.29. The smallest absolute Gasteiger partial charge is 0.129 e. The van der Waals surface area contributed by atoms with E-state index in [1.807, 2.05) is 24.1 Å². The third-order valence-corrected chi connectivity index (χ3v) is 3.41. The minimum absolute atomic E-state index is 0.190. The van der Waals surface area contributed by atoms with Gasteiger partial charge in [0.05, 0.1) is 11.6 Å². The quantitative estimate of drug-likeness (QED) is 0.789. The number of rotatable bonds is 7. The van der Waals surface area contributed by atoms with E-state index in [2.05, 4.69) is 4.98 Å². The molecule has 1 unspecified atom stereocenters. The Balaban J connectivity index is 1.76. The van der Waals surface area contributed by atoms with E-state index in [1.165, 1.54) is 0 Å². The zero-order valence-electron chi connectivity index (χ0n) is 12.8. The van der Waals surface area contributed by atoms with Crippen LogP contribution < -0.4 is 4.74 Å². The van der Waals surface area contributed by atoms with Gasteiger partial charge in [0.15, 0.2) is 0 Å². The van der Waals surface area contributed by atoms with E-state index in [0.717, 1.165) is 5.56 Å². The summed E-state index contributed by atoms with van der Waals surface area (Å²) in [7, 11) is 1.92. The van der Waals surface area contributed by atoms with Crippen molar-refractivity contribution in [2.24, 2.45) is 0 Å². The van der Waals surface area contributed by atoms with Crippen LogP contribution in [0.3, 0.4) is 0 Å². The Morgan fingerprint density at radius 3 is 2.65 bits per heavy atom. The number of halogens is 1. The number of likely N-dealkylation sites (N-methyl/N-ethyl adjacent to an activating group) is 1. The lowest BCUT2D eigenvalue weighted by atomic mass is 10.2. The van der Waals surface area contributed by atoms with Crippen molar-refractivity contribution in [2.75, 3.05) is 20.2 Å². The van der Waals surface area contributed by atoms with Gasteiger partial charge in [0, 0.05) is 19.3 Å². The second-order valence-corrected chi connectivity index (χ2v) is 5.67. The summed E-state index contributed by atoms with van der Waals surface area (Å²) in [6, 6.07) is 12.5. The van der Waals surface area contributed by atoms with Crippen LogP contribution in [0.15, 0.2) is 42.6 Å². The van der Waals surface area contributed by atoms with Gasteiger partial charge in [-0.15, -0.1) is 0 Å². The largest absolute Gasteiger partial charge is 0.491 e. The lowest BCUT2D eigenvalue weighted by molar-refractivity contribution is 0.0743. The number of ether oxygens (including phenoxy) is 1. The highest BCUT2D eigenvalue weighted by Gasteiger charge is 2.10. The molecule has 2 aromatic rings. The molecule has 0 saturated carbocycles. The van der Waals surface area contributed by atoms with Crippen LogP contribution in [0.4, 0.5) is 0 Å². The summed E-state index contributed by atoms with van der Waals surface area (Å²) < 4.78 is 5.52. The van der Waals surface area contributed by atoms with Crippen LogP contribution in [-0.4, -0.2) is 41.3 Å². The number of pyridine rings is 1. The maximum absolute atomic E-state index is 10.0. The molecule has 1 N–H and O–H groups in total. The van der Waals surface area contributed by atoms with Crippen LogP contribution in [0, 0.1) is 11.3 Å². The zero-order chi connectivity index (χ0) is 16.7. The van der Waals surface area contributed by atoms with Crippen LogP contribution in [-0.2, 0) is 6.54 Å². The summed E-state index contributed by atoms with van der Waals surface area (Å²) >= 11 is 5.75. The maximum atomic E-state index is 10.0. The molecule has 0 aliphatic heterocycles. The molecule has 0 radical (unpaired) electrons. The molecule has 0 bridgehead atoms. The second-order valence-electron chi connectivity index (χ2n) is 5.29. The van der Waals surface area contributed by atoms with Crippen LogP contribution in [0.1, 0.15) is 11.1 Å². The van der Waals surface area contributed by atoms with Gasteiger partial charge in [0.25, 0.3) is 0 Å². The van der Waals surface area contributed by atoms with Gasteiger partial charge in [-0.25, -0.2) is 4.98 Å². The lowest BCUT2D eigenvalue weighted by Crippen LogP contribution is -2.32. The molecule has 0 aliphatic rings. The van der Waals surface area contributed by atoms with Gasteiger partial charge in [0.2, 0.25) is 0 Å². The molecule has 0 amide bonds. The van der Waals surface area contributed by atoms with E-state index < -0.39 is 6.10 Å². The van der Waals surface area contributed by atoms with Crippen molar-refractivity contribution < 1.29 is 9.84 Å². The predicted molar refractivity (Wildman–Crippen MR) is 88.2 cm³/mol. The fourth-order valence-corrected chi connectivity index (χ4v) is 2.22.